The van der Waals surface area contributed by atoms with Crippen LogP contribution in [-0.2, 0) is 21.1 Å². The molecule has 0 spiro atoms. The molecule has 10 heteroatoms. The minimum Gasteiger partial charge on any atom is -0.390 e. The number of rotatable bonds is 3. The first-order chi connectivity index (χ1) is 14.6. The van der Waals surface area contributed by atoms with Crippen LogP contribution in [0, 0.1) is 22.7 Å². The van der Waals surface area contributed by atoms with Crippen LogP contribution in [0.15, 0.2) is 36.5 Å². The van der Waals surface area contributed by atoms with Crippen LogP contribution in [0.2, 0.25) is 0 Å². The highest BCUT2D eigenvalue weighted by molar-refractivity contribution is 6.02. The number of alkyl halides is 3. The molecule has 2 aromatic rings. The third-order valence-corrected chi connectivity index (χ3v) is 6.74. The minimum atomic E-state index is -4.65. The number of aliphatic hydroxyl groups is 1. The van der Waals surface area contributed by atoms with Crippen molar-refractivity contribution in [2.24, 2.45) is 5.41 Å². The monoisotopic (exact) mass is 433 g/mol. The van der Waals surface area contributed by atoms with Gasteiger partial charge in [0.2, 0.25) is 11.9 Å². The molecule has 0 radical (unpaired) electrons. The minimum absolute atomic E-state index is 0.122. The number of benzene rings is 1. The lowest BCUT2D eigenvalue weighted by atomic mass is 9.74. The van der Waals surface area contributed by atoms with Crippen molar-refractivity contribution in [1.29, 1.82) is 5.26 Å². The van der Waals surface area contributed by atoms with Gasteiger partial charge >= 0.3 is 6.18 Å². The number of halogens is 4. The van der Waals surface area contributed by atoms with Crippen LogP contribution in [-0.4, -0.2) is 34.3 Å². The van der Waals surface area contributed by atoms with E-state index in [1.165, 1.54) is 12.3 Å². The van der Waals surface area contributed by atoms with Gasteiger partial charge in [0.05, 0.1) is 40.5 Å². The van der Waals surface area contributed by atoms with Gasteiger partial charge in [-0.25, -0.2) is 4.98 Å². The summed E-state index contributed by atoms with van der Waals surface area (Å²) in [5, 5.41) is 22.1. The van der Waals surface area contributed by atoms with E-state index in [0.717, 1.165) is 12.1 Å². The van der Waals surface area contributed by atoms with E-state index in [1.54, 1.807) is 12.1 Å². The van der Waals surface area contributed by atoms with Gasteiger partial charge in [0.1, 0.15) is 6.07 Å². The lowest BCUT2D eigenvalue weighted by Gasteiger charge is -2.29. The molecule has 1 aliphatic carbocycles. The van der Waals surface area contributed by atoms with Crippen LogP contribution in [0.4, 0.5) is 23.2 Å². The van der Waals surface area contributed by atoms with Crippen LogP contribution in [0.1, 0.15) is 29.5 Å². The lowest BCUT2D eigenvalue weighted by molar-refractivity contribution is -0.137. The largest absolute Gasteiger partial charge is 0.416 e. The third kappa shape index (κ3) is 2.56. The molecule has 3 fully saturated rings. The number of carbonyl (C=O) groups excluding carboxylic acids is 1. The van der Waals surface area contributed by atoms with Crippen molar-refractivity contribution in [1.82, 2.24) is 4.98 Å². The maximum Gasteiger partial charge on any atom is 0.416 e. The molecule has 2 saturated heterocycles. The molecule has 0 unspecified atom stereocenters. The SMILES string of the molecule is N#Cc1ccc(C(F)(F)F)cc1NC(=O)[C@]12C[C@@]1(c1ccnc(F)c1)[C@H]1O[C@@H]2C[C@@H]1O. The number of carbonyl (C=O) groups is 1. The predicted molar refractivity (Wildman–Crippen MR) is 97.0 cm³/mol. The molecule has 1 aromatic heterocycles. The molecule has 160 valence electrons. The summed E-state index contributed by atoms with van der Waals surface area (Å²) in [7, 11) is 0. The summed E-state index contributed by atoms with van der Waals surface area (Å²) < 4.78 is 59.0. The van der Waals surface area contributed by atoms with E-state index >= 15 is 0 Å². The highest BCUT2D eigenvalue weighted by atomic mass is 19.4. The normalized spacial score (nSPS) is 33.0. The molecule has 3 heterocycles. The Kier molecular flexibility index (Phi) is 4.01. The van der Waals surface area contributed by atoms with E-state index in [9.17, 15) is 32.7 Å². The summed E-state index contributed by atoms with van der Waals surface area (Å²) in [4.78, 5) is 16.9. The van der Waals surface area contributed by atoms with Gasteiger partial charge < -0.3 is 15.2 Å². The average molecular weight is 433 g/mol. The number of aliphatic hydroxyl groups excluding tert-OH is 1. The van der Waals surface area contributed by atoms with E-state index in [4.69, 9.17) is 4.74 Å². The summed E-state index contributed by atoms with van der Waals surface area (Å²) in [6.07, 6.45) is -5.26. The zero-order valence-electron chi connectivity index (χ0n) is 15.8. The number of ether oxygens (including phenoxy) is 1. The van der Waals surface area contributed by atoms with Crippen LogP contribution in [0.3, 0.4) is 0 Å². The van der Waals surface area contributed by atoms with E-state index in [1.807, 2.05) is 0 Å². The molecule has 2 aliphatic heterocycles. The fraction of sp³-hybridized carbons (Fsp3) is 0.381. The van der Waals surface area contributed by atoms with Crippen molar-refractivity contribution >= 4 is 11.6 Å². The average Bonchev–Trinajstić information content (AvgIpc) is 3.21. The first-order valence-corrected chi connectivity index (χ1v) is 9.52. The van der Waals surface area contributed by atoms with Crippen molar-refractivity contribution in [3.63, 3.8) is 0 Å². The zero-order chi connectivity index (χ0) is 22.2. The number of nitrogens with zero attached hydrogens (tertiary/aromatic N) is 2. The number of aromatic nitrogens is 1. The van der Waals surface area contributed by atoms with Gasteiger partial charge in [-0.15, -0.1) is 0 Å². The van der Waals surface area contributed by atoms with Crippen molar-refractivity contribution in [3.8, 4) is 6.07 Å². The zero-order valence-corrected chi connectivity index (χ0v) is 15.8. The van der Waals surface area contributed by atoms with Crippen LogP contribution >= 0.6 is 0 Å². The second-order valence-electron chi connectivity index (χ2n) is 8.16. The fourth-order valence-corrected chi connectivity index (χ4v) is 5.37. The van der Waals surface area contributed by atoms with E-state index in [-0.39, 0.29) is 24.1 Å². The quantitative estimate of drug-likeness (QED) is 0.573. The topological polar surface area (TPSA) is 95.2 Å². The molecular formula is C21H15F4N3O3. The standard InChI is InChI=1S/C21H15F4N3O3/c22-16-6-11(3-4-27-16)19-9-20(19,15-7-14(29)17(19)31-15)18(30)28-13-5-12(21(23,24)25)2-1-10(13)8-26/h1-6,14-15,17,29H,7,9H2,(H,28,30)/t14-,15+,17-,19+,20+/m0/s1. The summed E-state index contributed by atoms with van der Waals surface area (Å²) in [5.41, 5.74) is -3.16. The molecule has 1 saturated carbocycles. The van der Waals surface area contributed by atoms with Gasteiger partial charge in [0, 0.05) is 18.0 Å². The number of hydrogen-bond acceptors (Lipinski definition) is 5. The van der Waals surface area contributed by atoms with Gasteiger partial charge in [0.15, 0.2) is 0 Å². The maximum absolute atomic E-state index is 13.8. The van der Waals surface area contributed by atoms with Crippen LogP contribution in [0.25, 0.3) is 0 Å². The Labute approximate surface area is 173 Å². The highest BCUT2D eigenvalue weighted by Gasteiger charge is 2.87. The number of amides is 1. The third-order valence-electron chi connectivity index (χ3n) is 6.74. The summed E-state index contributed by atoms with van der Waals surface area (Å²) in [5.74, 6) is -1.38. The first-order valence-electron chi connectivity index (χ1n) is 9.52. The Morgan fingerprint density at radius 1 is 1.32 bits per heavy atom. The summed E-state index contributed by atoms with van der Waals surface area (Å²) in [6.45, 7) is 0. The van der Waals surface area contributed by atoms with Gasteiger partial charge in [0.25, 0.3) is 0 Å². The van der Waals surface area contributed by atoms with Gasteiger partial charge in [-0.1, -0.05) is 0 Å². The molecule has 1 aromatic carbocycles. The molecule has 2 N–H and O–H groups in total. The number of nitriles is 1. The van der Waals surface area contributed by atoms with E-state index in [2.05, 4.69) is 10.3 Å². The molecule has 5 rings (SSSR count). The molecule has 1 amide bonds. The summed E-state index contributed by atoms with van der Waals surface area (Å²) >= 11 is 0. The number of anilines is 1. The Morgan fingerprint density at radius 3 is 2.77 bits per heavy atom. The van der Waals surface area contributed by atoms with Crippen molar-refractivity contribution in [3.05, 3.63) is 59.2 Å². The fourth-order valence-electron chi connectivity index (χ4n) is 5.37. The number of hydrogen-bond donors (Lipinski definition) is 2. The Hall–Kier alpha value is -3.03. The molecule has 3 aliphatic rings. The number of fused-ring (bicyclic) bond motifs is 5. The van der Waals surface area contributed by atoms with Crippen LogP contribution < -0.4 is 5.32 Å². The predicted octanol–water partition coefficient (Wildman–Crippen LogP) is 2.91. The van der Waals surface area contributed by atoms with Gasteiger partial charge in [-0.3, -0.25) is 4.79 Å². The number of nitrogens with one attached hydrogen (secondary N) is 1. The molecule has 5 atom stereocenters. The number of pyridine rings is 1. The second-order valence-corrected chi connectivity index (χ2v) is 8.16. The second kappa shape index (κ2) is 6.24. The maximum atomic E-state index is 13.8. The van der Waals surface area contributed by atoms with E-state index in [0.29, 0.717) is 11.6 Å². The molecule has 2 bridgehead atoms. The Bertz CT molecular complexity index is 1150. The molecule has 6 nitrogen and oxygen atoms in total. The molecule has 31 heavy (non-hydrogen) atoms. The van der Waals surface area contributed by atoms with E-state index < -0.39 is 52.7 Å². The highest BCUT2D eigenvalue weighted by Crippen LogP contribution is 2.77. The molecular weight excluding hydrogens is 418 g/mol. The van der Waals surface area contributed by atoms with Crippen molar-refractivity contribution < 1.29 is 32.2 Å². The van der Waals surface area contributed by atoms with Gasteiger partial charge in [-0.05, 0) is 42.3 Å². The summed E-state index contributed by atoms with van der Waals surface area (Å²) in [6, 6.07) is 6.97. The lowest BCUT2D eigenvalue weighted by Crippen LogP contribution is -2.44. The Balaban J connectivity index is 1.54. The van der Waals surface area contributed by atoms with Crippen molar-refractivity contribution in [2.75, 3.05) is 5.32 Å². The first kappa shape index (κ1) is 19.9. The van der Waals surface area contributed by atoms with Crippen molar-refractivity contribution in [2.45, 2.75) is 42.7 Å². The van der Waals surface area contributed by atoms with Gasteiger partial charge in [-0.2, -0.15) is 22.8 Å². The Morgan fingerprint density at radius 2 is 2.10 bits per heavy atom. The van der Waals surface area contributed by atoms with Crippen LogP contribution in [0.5, 0.6) is 0 Å². The smallest absolute Gasteiger partial charge is 0.390 e.